The van der Waals surface area contributed by atoms with Gasteiger partial charge in [-0.2, -0.15) is 0 Å². The summed E-state index contributed by atoms with van der Waals surface area (Å²) in [5.41, 5.74) is -0.657. The van der Waals surface area contributed by atoms with Crippen LogP contribution in [0, 0.1) is 5.41 Å². The van der Waals surface area contributed by atoms with Gasteiger partial charge in [-0.3, -0.25) is 14.4 Å². The van der Waals surface area contributed by atoms with E-state index in [1.807, 2.05) is 6.92 Å². The standard InChI is InChI=1S/C8H18O3.3C8H16O2/c1-2-3-4-8(5-9,6-10)7-11;3*1-2-3-4-5-6-7-8(9)10/h9-11H,2-7H2,1H3;3*2-7H2,1H3,(H,9,10). The molecule has 0 saturated carbocycles. The van der Waals surface area contributed by atoms with E-state index in [9.17, 15) is 14.4 Å². The fourth-order valence-electron chi connectivity index (χ4n) is 3.58. The highest BCUT2D eigenvalue weighted by molar-refractivity contribution is 5.67. The zero-order chi connectivity index (χ0) is 32.2. The lowest BCUT2D eigenvalue weighted by molar-refractivity contribution is -0.138. The molecule has 0 aliphatic heterocycles. The van der Waals surface area contributed by atoms with Crippen LogP contribution in [-0.2, 0) is 14.4 Å². The molecule has 0 aliphatic carbocycles. The van der Waals surface area contributed by atoms with Crippen molar-refractivity contribution in [3.05, 3.63) is 0 Å². The number of carboxylic acids is 3. The number of hydrogen-bond donors (Lipinski definition) is 6. The van der Waals surface area contributed by atoms with Gasteiger partial charge in [0.1, 0.15) is 0 Å². The van der Waals surface area contributed by atoms with Crippen molar-refractivity contribution in [1.29, 1.82) is 0 Å². The lowest BCUT2D eigenvalue weighted by Crippen LogP contribution is -2.33. The number of carbonyl (C=O) groups is 3. The van der Waals surface area contributed by atoms with Crippen LogP contribution in [0.4, 0.5) is 0 Å². The Hall–Kier alpha value is -1.71. The minimum Gasteiger partial charge on any atom is -0.481 e. The average Bonchev–Trinajstić information content (AvgIpc) is 2.94. The molecule has 0 aromatic heterocycles. The van der Waals surface area contributed by atoms with Gasteiger partial charge in [-0.05, 0) is 25.7 Å². The molecule has 248 valence electrons. The summed E-state index contributed by atoms with van der Waals surface area (Å²) in [5.74, 6) is -2.01. The quantitative estimate of drug-likeness (QED) is 0.0621. The highest BCUT2D eigenvalue weighted by Gasteiger charge is 2.26. The van der Waals surface area contributed by atoms with E-state index >= 15 is 0 Å². The molecule has 0 aromatic carbocycles. The Morgan fingerprint density at radius 3 is 0.854 bits per heavy atom. The van der Waals surface area contributed by atoms with Gasteiger partial charge in [-0.25, -0.2) is 0 Å². The Kier molecular flexibility index (Phi) is 43.2. The minimum atomic E-state index is -0.670. The topological polar surface area (TPSA) is 173 Å². The molecule has 0 amide bonds. The van der Waals surface area contributed by atoms with Crippen molar-refractivity contribution in [2.45, 2.75) is 163 Å². The fraction of sp³-hybridized carbons (Fsp3) is 0.906. The maximum absolute atomic E-state index is 10.0. The summed E-state index contributed by atoms with van der Waals surface area (Å²) in [7, 11) is 0. The molecule has 0 heterocycles. The van der Waals surface area contributed by atoms with Crippen molar-refractivity contribution in [1.82, 2.24) is 0 Å². The Balaban J connectivity index is -0.000000223. The zero-order valence-corrected chi connectivity index (χ0v) is 26.9. The first kappa shape index (κ1) is 46.3. The smallest absolute Gasteiger partial charge is 0.303 e. The first-order chi connectivity index (χ1) is 19.6. The first-order valence-electron chi connectivity index (χ1n) is 16.0. The largest absolute Gasteiger partial charge is 0.481 e. The zero-order valence-electron chi connectivity index (χ0n) is 26.9. The molecule has 6 N–H and O–H groups in total. The van der Waals surface area contributed by atoms with Crippen LogP contribution in [-0.4, -0.2) is 68.4 Å². The average molecular weight is 595 g/mol. The second-order valence-corrected chi connectivity index (χ2v) is 10.8. The van der Waals surface area contributed by atoms with Crippen LogP contribution in [0.2, 0.25) is 0 Å². The van der Waals surface area contributed by atoms with E-state index in [1.165, 1.54) is 57.8 Å². The van der Waals surface area contributed by atoms with Crippen molar-refractivity contribution in [2.75, 3.05) is 19.8 Å². The molecule has 0 saturated heterocycles. The van der Waals surface area contributed by atoms with E-state index in [2.05, 4.69) is 20.8 Å². The molecule has 9 heteroatoms. The van der Waals surface area contributed by atoms with Crippen LogP contribution in [0.5, 0.6) is 0 Å². The SMILES string of the molecule is CCCCC(CO)(CO)CO.CCCCCCCC(=O)O.CCCCCCCC(=O)O.CCCCCCCC(=O)O. The van der Waals surface area contributed by atoms with Gasteiger partial charge >= 0.3 is 17.9 Å². The summed E-state index contributed by atoms with van der Waals surface area (Å²) in [6.07, 6.45) is 20.3. The van der Waals surface area contributed by atoms with Crippen molar-refractivity contribution in [2.24, 2.45) is 5.41 Å². The fourth-order valence-corrected chi connectivity index (χ4v) is 3.58. The third kappa shape index (κ3) is 45.5. The van der Waals surface area contributed by atoms with Crippen LogP contribution >= 0.6 is 0 Å². The number of aliphatic hydroxyl groups excluding tert-OH is 3. The lowest BCUT2D eigenvalue weighted by Gasteiger charge is -2.26. The van der Waals surface area contributed by atoms with Crippen LogP contribution < -0.4 is 0 Å². The molecule has 0 aromatic rings. The number of rotatable bonds is 24. The molecule has 0 atom stereocenters. The molecule has 0 spiro atoms. The summed E-state index contributed by atoms with van der Waals surface area (Å²) >= 11 is 0. The molecular weight excluding hydrogens is 528 g/mol. The Morgan fingerprint density at radius 1 is 0.415 bits per heavy atom. The van der Waals surface area contributed by atoms with Crippen LogP contribution in [0.3, 0.4) is 0 Å². The highest BCUT2D eigenvalue weighted by atomic mass is 16.4. The molecule has 0 bridgehead atoms. The summed E-state index contributed by atoms with van der Waals surface area (Å²) in [6.45, 7) is 8.07. The van der Waals surface area contributed by atoms with E-state index in [4.69, 9.17) is 30.6 Å². The minimum absolute atomic E-state index is 0.139. The van der Waals surface area contributed by atoms with Gasteiger partial charge in [0.15, 0.2) is 0 Å². The predicted molar refractivity (Wildman–Crippen MR) is 166 cm³/mol. The molecule has 0 rings (SSSR count). The number of carboxylic acid groups (broad SMARTS) is 3. The molecule has 41 heavy (non-hydrogen) atoms. The van der Waals surface area contributed by atoms with Gasteiger partial charge in [0.25, 0.3) is 0 Å². The summed E-state index contributed by atoms with van der Waals surface area (Å²) in [4.78, 5) is 30.1. The van der Waals surface area contributed by atoms with Crippen molar-refractivity contribution in [3.63, 3.8) is 0 Å². The normalized spacial score (nSPS) is 10.3. The number of aliphatic carboxylic acids is 3. The molecule has 0 radical (unpaired) electrons. The second-order valence-electron chi connectivity index (χ2n) is 10.8. The third-order valence-corrected chi connectivity index (χ3v) is 6.55. The highest BCUT2D eigenvalue weighted by Crippen LogP contribution is 2.22. The lowest BCUT2D eigenvalue weighted by atomic mass is 9.85. The number of aliphatic hydroxyl groups is 3. The molecule has 0 fully saturated rings. The van der Waals surface area contributed by atoms with E-state index in [-0.39, 0.29) is 19.8 Å². The summed E-state index contributed by atoms with van der Waals surface area (Å²) < 4.78 is 0. The van der Waals surface area contributed by atoms with Crippen LogP contribution in [0.1, 0.15) is 163 Å². The van der Waals surface area contributed by atoms with Crippen LogP contribution in [0.25, 0.3) is 0 Å². The van der Waals surface area contributed by atoms with E-state index in [0.717, 1.165) is 51.4 Å². The molecule has 0 unspecified atom stereocenters. The van der Waals surface area contributed by atoms with E-state index in [1.54, 1.807) is 0 Å². The Bertz CT molecular complexity index is 484. The molecular formula is C32H66O9. The molecule has 9 nitrogen and oxygen atoms in total. The van der Waals surface area contributed by atoms with Gasteiger partial charge in [0.2, 0.25) is 0 Å². The van der Waals surface area contributed by atoms with Crippen LogP contribution in [0.15, 0.2) is 0 Å². The van der Waals surface area contributed by atoms with Gasteiger partial charge in [0.05, 0.1) is 19.8 Å². The maximum atomic E-state index is 10.0. The van der Waals surface area contributed by atoms with Gasteiger partial charge in [0, 0.05) is 24.7 Å². The molecule has 0 aliphatic rings. The third-order valence-electron chi connectivity index (χ3n) is 6.55. The van der Waals surface area contributed by atoms with Gasteiger partial charge in [-0.1, -0.05) is 118 Å². The number of unbranched alkanes of at least 4 members (excludes halogenated alkanes) is 13. The first-order valence-corrected chi connectivity index (χ1v) is 16.0. The monoisotopic (exact) mass is 594 g/mol. The van der Waals surface area contributed by atoms with E-state index < -0.39 is 23.3 Å². The maximum Gasteiger partial charge on any atom is 0.303 e. The van der Waals surface area contributed by atoms with Crippen molar-refractivity contribution < 1.29 is 45.0 Å². The Morgan fingerprint density at radius 2 is 0.659 bits per heavy atom. The van der Waals surface area contributed by atoms with Crippen molar-refractivity contribution in [3.8, 4) is 0 Å². The van der Waals surface area contributed by atoms with Gasteiger partial charge in [-0.15, -0.1) is 0 Å². The Labute approximate surface area is 250 Å². The number of hydrogen-bond acceptors (Lipinski definition) is 6. The van der Waals surface area contributed by atoms with E-state index in [0.29, 0.717) is 25.7 Å². The second kappa shape index (κ2) is 38.3. The predicted octanol–water partition coefficient (Wildman–Crippen LogP) is 7.43. The van der Waals surface area contributed by atoms with Crippen molar-refractivity contribution >= 4 is 17.9 Å². The summed E-state index contributed by atoms with van der Waals surface area (Å²) in [5, 5.41) is 51.5. The van der Waals surface area contributed by atoms with Gasteiger partial charge < -0.3 is 30.6 Å². The summed E-state index contributed by atoms with van der Waals surface area (Å²) in [6, 6.07) is 0.